The average Bonchev–Trinajstić information content (AvgIpc) is 2.86. The fourth-order valence-corrected chi connectivity index (χ4v) is 2.30. The Labute approximate surface area is 114 Å². The van der Waals surface area contributed by atoms with Gasteiger partial charge in [0, 0.05) is 32.5 Å². The summed E-state index contributed by atoms with van der Waals surface area (Å²) < 4.78 is 5.05. The number of aryl methyl sites for hydroxylation is 1. The minimum atomic E-state index is 0.611. The first-order valence-electron chi connectivity index (χ1n) is 7.05. The van der Waals surface area contributed by atoms with Crippen molar-refractivity contribution in [3.63, 3.8) is 0 Å². The fraction of sp³-hybridized carbons (Fsp3) is 0.769. The van der Waals surface area contributed by atoms with Gasteiger partial charge in [0.1, 0.15) is 0 Å². The number of hydrogen-bond donors (Lipinski definition) is 1. The summed E-state index contributed by atoms with van der Waals surface area (Å²) in [6, 6.07) is 0. The first-order chi connectivity index (χ1) is 9.19. The van der Waals surface area contributed by atoms with Crippen molar-refractivity contribution in [2.75, 3.05) is 19.6 Å². The monoisotopic (exact) mass is 265 g/mol. The van der Waals surface area contributed by atoms with Gasteiger partial charge in [-0.15, -0.1) is 0 Å². The van der Waals surface area contributed by atoms with Gasteiger partial charge in [0.15, 0.2) is 11.8 Å². The number of rotatable bonds is 4. The maximum Gasteiger partial charge on any atom is 0.226 e. The highest BCUT2D eigenvalue weighted by molar-refractivity contribution is 5.78. The second-order valence-electron chi connectivity index (χ2n) is 5.14. The van der Waals surface area contributed by atoms with Crippen molar-refractivity contribution >= 4 is 5.96 Å². The Hall–Kier alpha value is -1.59. The van der Waals surface area contributed by atoms with E-state index >= 15 is 0 Å². The first-order valence-corrected chi connectivity index (χ1v) is 7.05. The Bertz CT molecular complexity index is 428. The lowest BCUT2D eigenvalue weighted by molar-refractivity contribution is 0.270. The van der Waals surface area contributed by atoms with E-state index in [1.165, 1.54) is 12.8 Å². The molecule has 1 fully saturated rings. The van der Waals surface area contributed by atoms with E-state index in [1.807, 2.05) is 6.92 Å². The number of aliphatic imine (C=N–C) groups is 1. The molecule has 6 nitrogen and oxygen atoms in total. The zero-order valence-corrected chi connectivity index (χ0v) is 11.8. The molecule has 1 aliphatic rings. The minimum Gasteiger partial charge on any atom is -0.370 e. The van der Waals surface area contributed by atoms with E-state index in [0.717, 1.165) is 19.5 Å². The molecule has 1 saturated heterocycles. The highest BCUT2D eigenvalue weighted by Crippen LogP contribution is 2.14. The van der Waals surface area contributed by atoms with Crippen LogP contribution in [-0.4, -0.2) is 40.6 Å². The van der Waals surface area contributed by atoms with Gasteiger partial charge in [0.05, 0.1) is 0 Å². The smallest absolute Gasteiger partial charge is 0.226 e. The second kappa shape index (κ2) is 6.54. The van der Waals surface area contributed by atoms with Crippen LogP contribution in [0.15, 0.2) is 9.52 Å². The third kappa shape index (κ3) is 3.94. The zero-order chi connectivity index (χ0) is 13.7. The van der Waals surface area contributed by atoms with Crippen LogP contribution in [0.25, 0.3) is 0 Å². The molecule has 106 valence electrons. The number of hydrogen-bond acceptors (Lipinski definition) is 4. The molecule has 1 unspecified atom stereocenters. The highest BCUT2D eigenvalue weighted by Gasteiger charge is 2.17. The number of piperidine rings is 1. The molecule has 0 aliphatic carbocycles. The quantitative estimate of drug-likeness (QED) is 0.654. The van der Waals surface area contributed by atoms with Crippen LogP contribution in [-0.2, 0) is 12.8 Å². The van der Waals surface area contributed by atoms with Crippen molar-refractivity contribution < 1.29 is 4.52 Å². The topological polar surface area (TPSA) is 80.5 Å². The minimum absolute atomic E-state index is 0.611. The molecule has 0 spiro atoms. The van der Waals surface area contributed by atoms with E-state index in [-0.39, 0.29) is 0 Å². The van der Waals surface area contributed by atoms with E-state index in [0.29, 0.717) is 36.6 Å². The predicted octanol–water partition coefficient (Wildman–Crippen LogP) is 1.22. The number of aromatic nitrogens is 2. The normalized spacial score (nSPS) is 20.8. The lowest BCUT2D eigenvalue weighted by Crippen LogP contribution is -2.43. The molecular formula is C13H23N5O. The molecule has 6 heteroatoms. The van der Waals surface area contributed by atoms with E-state index in [9.17, 15) is 0 Å². The molecule has 1 aliphatic heterocycles. The molecule has 0 radical (unpaired) electrons. The van der Waals surface area contributed by atoms with E-state index < -0.39 is 0 Å². The molecule has 0 aromatic carbocycles. The molecule has 1 aromatic rings. The van der Waals surface area contributed by atoms with Crippen LogP contribution in [0.1, 0.15) is 38.4 Å². The van der Waals surface area contributed by atoms with Crippen molar-refractivity contribution in [3.8, 4) is 0 Å². The number of nitrogens with zero attached hydrogens (tertiary/aromatic N) is 4. The summed E-state index contributed by atoms with van der Waals surface area (Å²) in [5.74, 6) is 2.73. The lowest BCUT2D eigenvalue weighted by Gasteiger charge is -2.31. The molecular weight excluding hydrogens is 242 g/mol. The number of guanidine groups is 1. The summed E-state index contributed by atoms with van der Waals surface area (Å²) >= 11 is 0. The Morgan fingerprint density at radius 1 is 1.58 bits per heavy atom. The lowest BCUT2D eigenvalue weighted by atomic mass is 10.0. The summed E-state index contributed by atoms with van der Waals surface area (Å²) in [7, 11) is 0. The van der Waals surface area contributed by atoms with Crippen LogP contribution in [0, 0.1) is 5.92 Å². The maximum absolute atomic E-state index is 6.02. The van der Waals surface area contributed by atoms with Gasteiger partial charge in [0.2, 0.25) is 5.89 Å². The van der Waals surface area contributed by atoms with Crippen molar-refractivity contribution in [3.05, 3.63) is 11.7 Å². The second-order valence-corrected chi connectivity index (χ2v) is 5.14. The summed E-state index contributed by atoms with van der Waals surface area (Å²) in [6.45, 7) is 6.88. The van der Waals surface area contributed by atoms with Gasteiger partial charge in [-0.05, 0) is 18.8 Å². The van der Waals surface area contributed by atoms with Crippen LogP contribution in [0.3, 0.4) is 0 Å². The Balaban J connectivity index is 1.80. The average molecular weight is 265 g/mol. The van der Waals surface area contributed by atoms with Gasteiger partial charge >= 0.3 is 0 Å². The molecule has 0 saturated carbocycles. The molecule has 1 atom stereocenters. The third-order valence-corrected chi connectivity index (χ3v) is 3.40. The Kier molecular flexibility index (Phi) is 4.76. The van der Waals surface area contributed by atoms with Crippen molar-refractivity contribution in [1.29, 1.82) is 0 Å². The van der Waals surface area contributed by atoms with Crippen LogP contribution in [0.5, 0.6) is 0 Å². The third-order valence-electron chi connectivity index (χ3n) is 3.40. The number of likely N-dealkylation sites (tertiary alicyclic amines) is 1. The molecule has 2 rings (SSSR count). The van der Waals surface area contributed by atoms with E-state index in [1.54, 1.807) is 0 Å². The van der Waals surface area contributed by atoms with Gasteiger partial charge in [0.25, 0.3) is 0 Å². The molecule has 1 aromatic heterocycles. The van der Waals surface area contributed by atoms with Crippen LogP contribution < -0.4 is 5.73 Å². The predicted molar refractivity (Wildman–Crippen MR) is 73.8 cm³/mol. The highest BCUT2D eigenvalue weighted by atomic mass is 16.5. The SMILES string of the molecule is CCc1nc(CCN=C(N)N2CCCC(C)C2)no1. The van der Waals surface area contributed by atoms with Crippen LogP contribution in [0.2, 0.25) is 0 Å². The molecule has 0 amide bonds. The summed E-state index contributed by atoms with van der Waals surface area (Å²) in [6.07, 6.45) is 3.92. The van der Waals surface area contributed by atoms with Crippen molar-refractivity contribution in [1.82, 2.24) is 15.0 Å². The van der Waals surface area contributed by atoms with E-state index in [2.05, 4.69) is 27.0 Å². The van der Waals surface area contributed by atoms with Crippen LogP contribution >= 0.6 is 0 Å². The Morgan fingerprint density at radius 2 is 2.42 bits per heavy atom. The first kappa shape index (κ1) is 13.8. The zero-order valence-electron chi connectivity index (χ0n) is 11.8. The summed E-state index contributed by atoms with van der Waals surface area (Å²) in [5.41, 5.74) is 6.02. The van der Waals surface area contributed by atoms with Crippen molar-refractivity contribution in [2.45, 2.75) is 39.5 Å². The fourth-order valence-electron chi connectivity index (χ4n) is 2.30. The van der Waals surface area contributed by atoms with Gasteiger partial charge in [-0.2, -0.15) is 4.98 Å². The van der Waals surface area contributed by atoms with Crippen LogP contribution in [0.4, 0.5) is 0 Å². The van der Waals surface area contributed by atoms with Gasteiger partial charge in [-0.1, -0.05) is 19.0 Å². The maximum atomic E-state index is 6.02. The van der Waals surface area contributed by atoms with E-state index in [4.69, 9.17) is 10.3 Å². The Morgan fingerprint density at radius 3 is 3.11 bits per heavy atom. The van der Waals surface area contributed by atoms with Gasteiger partial charge < -0.3 is 15.2 Å². The molecule has 2 N–H and O–H groups in total. The van der Waals surface area contributed by atoms with Crippen molar-refractivity contribution in [2.24, 2.45) is 16.6 Å². The number of nitrogens with two attached hydrogens (primary N) is 1. The molecule has 2 heterocycles. The largest absolute Gasteiger partial charge is 0.370 e. The molecule has 19 heavy (non-hydrogen) atoms. The molecule has 0 bridgehead atoms. The standard InChI is InChI=1S/C13H23N5O/c1-3-12-16-11(17-19-12)6-7-15-13(14)18-8-4-5-10(2)9-18/h10H,3-9H2,1-2H3,(H2,14,15). The summed E-state index contributed by atoms with van der Waals surface area (Å²) in [5, 5.41) is 3.90. The van der Waals surface area contributed by atoms with Gasteiger partial charge in [-0.25, -0.2) is 0 Å². The van der Waals surface area contributed by atoms with Gasteiger partial charge in [-0.3, -0.25) is 4.99 Å². The summed E-state index contributed by atoms with van der Waals surface area (Å²) in [4.78, 5) is 10.8.